The summed E-state index contributed by atoms with van der Waals surface area (Å²) in [6.07, 6.45) is 1.69. The first kappa shape index (κ1) is 18.6. The summed E-state index contributed by atoms with van der Waals surface area (Å²) in [5.41, 5.74) is 2.67. The highest BCUT2D eigenvalue weighted by Gasteiger charge is 2.27. The summed E-state index contributed by atoms with van der Waals surface area (Å²) >= 11 is 0. The molecular formula is C20H20N2O5. The fourth-order valence-electron chi connectivity index (χ4n) is 3.38. The number of anilines is 1. The second-order valence-corrected chi connectivity index (χ2v) is 6.39. The molecule has 0 radical (unpaired) electrons. The number of para-hydroxylation sites is 1. The van der Waals surface area contributed by atoms with Gasteiger partial charge in [-0.05, 0) is 43.9 Å². The van der Waals surface area contributed by atoms with Gasteiger partial charge < -0.3 is 9.64 Å². The van der Waals surface area contributed by atoms with Gasteiger partial charge in [-0.25, -0.2) is 4.79 Å². The highest BCUT2D eigenvalue weighted by Crippen LogP contribution is 2.32. The summed E-state index contributed by atoms with van der Waals surface area (Å²) in [7, 11) is 0. The van der Waals surface area contributed by atoms with Crippen LogP contribution < -0.4 is 4.90 Å². The normalized spacial score (nSPS) is 13.0. The van der Waals surface area contributed by atoms with Crippen LogP contribution in [0.1, 0.15) is 45.2 Å². The monoisotopic (exact) mass is 368 g/mol. The van der Waals surface area contributed by atoms with Gasteiger partial charge in [0.1, 0.15) is 0 Å². The van der Waals surface area contributed by atoms with Crippen molar-refractivity contribution in [3.63, 3.8) is 0 Å². The molecule has 3 rings (SSSR count). The molecule has 2 aromatic rings. The Morgan fingerprint density at radius 3 is 2.67 bits per heavy atom. The second kappa shape index (κ2) is 7.57. The lowest BCUT2D eigenvalue weighted by atomic mass is 9.97. The van der Waals surface area contributed by atoms with Crippen LogP contribution in [0.4, 0.5) is 11.4 Å². The molecular weight excluding hydrogens is 348 g/mol. The van der Waals surface area contributed by atoms with E-state index in [1.807, 2.05) is 25.1 Å². The molecule has 0 saturated heterocycles. The van der Waals surface area contributed by atoms with E-state index < -0.39 is 10.9 Å². The van der Waals surface area contributed by atoms with Crippen LogP contribution in [0, 0.1) is 17.0 Å². The maximum Gasteiger partial charge on any atom is 0.338 e. The first-order valence-electron chi connectivity index (χ1n) is 8.79. The van der Waals surface area contributed by atoms with Crippen molar-refractivity contribution >= 4 is 23.3 Å². The van der Waals surface area contributed by atoms with Gasteiger partial charge in [0.05, 0.1) is 22.8 Å². The Kier molecular flexibility index (Phi) is 5.21. The molecule has 0 saturated carbocycles. The van der Waals surface area contributed by atoms with Gasteiger partial charge in [0.15, 0.2) is 0 Å². The summed E-state index contributed by atoms with van der Waals surface area (Å²) in [5, 5.41) is 11.3. The average Bonchev–Trinajstić information content (AvgIpc) is 2.67. The first-order valence-corrected chi connectivity index (χ1v) is 8.79. The van der Waals surface area contributed by atoms with E-state index in [-0.39, 0.29) is 29.3 Å². The van der Waals surface area contributed by atoms with Crippen LogP contribution in [0.2, 0.25) is 0 Å². The van der Waals surface area contributed by atoms with Gasteiger partial charge in [-0.3, -0.25) is 14.9 Å². The Hall–Kier alpha value is -3.22. The van der Waals surface area contributed by atoms with E-state index in [2.05, 4.69) is 0 Å². The van der Waals surface area contributed by atoms with Crippen molar-refractivity contribution < 1.29 is 19.2 Å². The van der Waals surface area contributed by atoms with Crippen molar-refractivity contribution in [1.82, 2.24) is 0 Å². The highest BCUT2D eigenvalue weighted by atomic mass is 16.6. The summed E-state index contributed by atoms with van der Waals surface area (Å²) in [4.78, 5) is 37.5. The summed E-state index contributed by atoms with van der Waals surface area (Å²) in [6, 6.07) is 9.57. The zero-order valence-corrected chi connectivity index (χ0v) is 15.2. The SMILES string of the molecule is CCOC(=O)c1cc(C(=O)N2CCCc3cccc(C)c32)cc([N+](=O)[O-])c1. The third-order valence-electron chi connectivity index (χ3n) is 4.55. The van der Waals surface area contributed by atoms with E-state index in [0.717, 1.165) is 35.7 Å². The minimum atomic E-state index is -0.689. The highest BCUT2D eigenvalue weighted by molar-refractivity contribution is 6.08. The molecule has 0 fully saturated rings. The number of fused-ring (bicyclic) bond motifs is 1. The lowest BCUT2D eigenvalue weighted by Crippen LogP contribution is -2.36. The van der Waals surface area contributed by atoms with Crippen molar-refractivity contribution in [2.45, 2.75) is 26.7 Å². The molecule has 2 aromatic carbocycles. The smallest absolute Gasteiger partial charge is 0.338 e. The van der Waals surface area contributed by atoms with Gasteiger partial charge in [0.2, 0.25) is 0 Å². The van der Waals surface area contributed by atoms with Crippen LogP contribution in [0.3, 0.4) is 0 Å². The predicted octanol–water partition coefficient (Wildman–Crippen LogP) is 3.67. The number of benzene rings is 2. The summed E-state index contributed by atoms with van der Waals surface area (Å²) < 4.78 is 4.93. The van der Waals surface area contributed by atoms with Crippen LogP contribution in [0.5, 0.6) is 0 Å². The number of nitro groups is 1. The number of ether oxygens (including phenoxy) is 1. The van der Waals surface area contributed by atoms with Gasteiger partial charge >= 0.3 is 5.97 Å². The standard InChI is InChI=1S/C20H20N2O5/c1-3-27-20(24)16-10-15(11-17(12-16)22(25)26)19(23)21-9-5-8-14-7-4-6-13(2)18(14)21/h4,6-7,10-12H,3,5,8-9H2,1-2H3. The fourth-order valence-corrected chi connectivity index (χ4v) is 3.38. The van der Waals surface area contributed by atoms with Crippen molar-refractivity contribution in [3.05, 3.63) is 68.8 Å². The van der Waals surface area contributed by atoms with Crippen molar-refractivity contribution in [3.8, 4) is 0 Å². The van der Waals surface area contributed by atoms with Crippen LogP contribution in [0.25, 0.3) is 0 Å². The molecule has 1 aliphatic heterocycles. The maximum atomic E-state index is 13.2. The van der Waals surface area contributed by atoms with E-state index in [1.165, 1.54) is 12.1 Å². The van der Waals surface area contributed by atoms with Crippen LogP contribution in [0.15, 0.2) is 36.4 Å². The van der Waals surface area contributed by atoms with Gasteiger partial charge in [0, 0.05) is 24.2 Å². The Balaban J connectivity index is 2.05. The maximum absolute atomic E-state index is 13.2. The quantitative estimate of drug-likeness (QED) is 0.467. The molecule has 0 atom stereocenters. The van der Waals surface area contributed by atoms with Gasteiger partial charge in [0.25, 0.3) is 11.6 Å². The van der Waals surface area contributed by atoms with Gasteiger partial charge in [-0.1, -0.05) is 18.2 Å². The molecule has 7 nitrogen and oxygen atoms in total. The van der Waals surface area contributed by atoms with Crippen molar-refractivity contribution in [2.75, 3.05) is 18.1 Å². The average molecular weight is 368 g/mol. The number of non-ortho nitro benzene ring substituents is 1. The van der Waals surface area contributed by atoms with Crippen LogP contribution in [-0.2, 0) is 11.2 Å². The van der Waals surface area contributed by atoms with Crippen LogP contribution >= 0.6 is 0 Å². The Bertz CT molecular complexity index is 923. The lowest BCUT2D eigenvalue weighted by molar-refractivity contribution is -0.384. The molecule has 1 amide bonds. The molecule has 0 aliphatic carbocycles. The van der Waals surface area contributed by atoms with Crippen LogP contribution in [-0.4, -0.2) is 30.0 Å². The summed E-state index contributed by atoms with van der Waals surface area (Å²) in [6.45, 7) is 4.24. The van der Waals surface area contributed by atoms with Gasteiger partial charge in [-0.2, -0.15) is 0 Å². The predicted molar refractivity (Wildman–Crippen MR) is 100 cm³/mol. The number of carbonyl (C=O) groups is 2. The zero-order chi connectivity index (χ0) is 19.6. The summed E-state index contributed by atoms with van der Waals surface area (Å²) in [5.74, 6) is -1.05. The van der Waals surface area contributed by atoms with E-state index in [1.54, 1.807) is 11.8 Å². The number of amides is 1. The number of hydrogen-bond donors (Lipinski definition) is 0. The molecule has 0 N–H and O–H groups in total. The zero-order valence-electron chi connectivity index (χ0n) is 15.2. The molecule has 0 unspecified atom stereocenters. The van der Waals surface area contributed by atoms with E-state index >= 15 is 0 Å². The molecule has 1 heterocycles. The molecule has 7 heteroatoms. The van der Waals surface area contributed by atoms with E-state index in [0.29, 0.717) is 6.54 Å². The number of carbonyl (C=O) groups excluding carboxylic acids is 2. The molecule has 27 heavy (non-hydrogen) atoms. The van der Waals surface area contributed by atoms with E-state index in [4.69, 9.17) is 4.74 Å². The molecule has 1 aliphatic rings. The lowest BCUT2D eigenvalue weighted by Gasteiger charge is -2.31. The first-order chi connectivity index (χ1) is 12.9. The van der Waals surface area contributed by atoms with Gasteiger partial charge in [-0.15, -0.1) is 0 Å². The molecule has 0 aromatic heterocycles. The minimum absolute atomic E-state index is 0.00332. The number of esters is 1. The topological polar surface area (TPSA) is 89.8 Å². The number of nitrogens with zero attached hydrogens (tertiary/aromatic N) is 2. The Labute approximate surface area is 156 Å². The Morgan fingerprint density at radius 1 is 1.22 bits per heavy atom. The number of aryl methyl sites for hydroxylation is 2. The number of hydrogen-bond acceptors (Lipinski definition) is 5. The Morgan fingerprint density at radius 2 is 1.96 bits per heavy atom. The molecule has 140 valence electrons. The largest absolute Gasteiger partial charge is 0.462 e. The number of rotatable bonds is 4. The van der Waals surface area contributed by atoms with Crippen molar-refractivity contribution in [1.29, 1.82) is 0 Å². The molecule has 0 spiro atoms. The third kappa shape index (κ3) is 3.67. The number of nitro benzene ring substituents is 1. The van der Waals surface area contributed by atoms with E-state index in [9.17, 15) is 19.7 Å². The third-order valence-corrected chi connectivity index (χ3v) is 4.55. The minimum Gasteiger partial charge on any atom is -0.462 e. The molecule has 0 bridgehead atoms. The van der Waals surface area contributed by atoms with Crippen molar-refractivity contribution in [2.24, 2.45) is 0 Å². The fraction of sp³-hybridized carbons (Fsp3) is 0.300. The second-order valence-electron chi connectivity index (χ2n) is 6.39.